The first kappa shape index (κ1) is 21.6. The topological polar surface area (TPSA) is 45.9 Å². The van der Waals surface area contributed by atoms with Crippen LogP contribution in [0.4, 0.5) is 13.2 Å². The fourth-order valence-corrected chi connectivity index (χ4v) is 3.94. The Kier molecular flexibility index (Phi) is 5.97. The van der Waals surface area contributed by atoms with E-state index in [1.54, 1.807) is 29.1 Å². The van der Waals surface area contributed by atoms with Gasteiger partial charge in [0.2, 0.25) is 0 Å². The first-order valence-electron chi connectivity index (χ1n) is 9.68. The fraction of sp³-hybridized carbons (Fsp3) is 0.120. The van der Waals surface area contributed by atoms with Gasteiger partial charge in [-0.15, -0.1) is 11.3 Å². The molecule has 0 saturated heterocycles. The van der Waals surface area contributed by atoms with Crippen molar-refractivity contribution in [3.63, 3.8) is 0 Å². The minimum Gasteiger partial charge on any atom is -0.488 e. The normalized spacial score (nSPS) is 11.2. The van der Waals surface area contributed by atoms with E-state index in [1.807, 2.05) is 37.3 Å². The molecule has 4 rings (SSSR count). The summed E-state index contributed by atoms with van der Waals surface area (Å²) in [6, 6.07) is 19.0. The van der Waals surface area contributed by atoms with Gasteiger partial charge in [-0.1, -0.05) is 36.4 Å². The number of rotatable bonds is 5. The van der Waals surface area contributed by atoms with Gasteiger partial charge in [0, 0.05) is 10.9 Å². The lowest BCUT2D eigenvalue weighted by Crippen LogP contribution is -2.10. The van der Waals surface area contributed by atoms with Gasteiger partial charge >= 0.3 is 6.18 Å². The summed E-state index contributed by atoms with van der Waals surface area (Å²) in [5.74, 6) is -0.221. The Labute approximate surface area is 187 Å². The highest BCUT2D eigenvalue weighted by Gasteiger charge is 2.35. The van der Waals surface area contributed by atoms with E-state index in [1.165, 1.54) is 17.4 Å². The van der Waals surface area contributed by atoms with Crippen molar-refractivity contribution >= 4 is 11.3 Å². The van der Waals surface area contributed by atoms with Crippen molar-refractivity contribution in [1.82, 2.24) is 4.98 Å². The van der Waals surface area contributed by atoms with Crippen LogP contribution in [0.3, 0.4) is 0 Å². The molecule has 0 amide bonds. The third-order valence-corrected chi connectivity index (χ3v) is 5.68. The van der Waals surface area contributed by atoms with Crippen LogP contribution in [0, 0.1) is 18.3 Å². The van der Waals surface area contributed by atoms with Gasteiger partial charge < -0.3 is 4.74 Å². The van der Waals surface area contributed by atoms with Crippen LogP contribution in [-0.2, 0) is 12.8 Å². The predicted molar refractivity (Wildman–Crippen MR) is 118 cm³/mol. The quantitative estimate of drug-likeness (QED) is 0.322. The number of benzene rings is 3. The molecule has 0 aliphatic rings. The number of aryl methyl sites for hydroxylation is 1. The second-order valence-electron chi connectivity index (χ2n) is 7.17. The molecule has 0 fully saturated rings. The van der Waals surface area contributed by atoms with Crippen LogP contribution in [0.1, 0.15) is 22.3 Å². The largest absolute Gasteiger partial charge is 0.488 e. The maximum Gasteiger partial charge on any atom is 0.419 e. The van der Waals surface area contributed by atoms with Crippen LogP contribution < -0.4 is 4.74 Å². The van der Waals surface area contributed by atoms with Gasteiger partial charge in [-0.05, 0) is 53.4 Å². The average Bonchev–Trinajstić information content (AvgIpc) is 3.32. The molecule has 3 nitrogen and oxygen atoms in total. The summed E-state index contributed by atoms with van der Waals surface area (Å²) in [6.45, 7) is 1.88. The Morgan fingerprint density at radius 1 is 1.03 bits per heavy atom. The van der Waals surface area contributed by atoms with Crippen molar-refractivity contribution in [1.29, 1.82) is 5.26 Å². The number of nitriles is 1. The molecular weight excluding hydrogens is 433 g/mol. The van der Waals surface area contributed by atoms with Crippen LogP contribution in [0.15, 0.2) is 71.6 Å². The van der Waals surface area contributed by atoms with E-state index in [2.05, 4.69) is 11.1 Å². The zero-order valence-electron chi connectivity index (χ0n) is 17.0. The minimum absolute atomic E-state index is 0.0102. The van der Waals surface area contributed by atoms with Crippen molar-refractivity contribution in [3.8, 4) is 34.2 Å². The highest BCUT2D eigenvalue weighted by Crippen LogP contribution is 2.42. The molecule has 1 aromatic heterocycles. The lowest BCUT2D eigenvalue weighted by atomic mass is 9.99. The lowest BCUT2D eigenvalue weighted by Gasteiger charge is -2.18. The monoisotopic (exact) mass is 450 g/mol. The number of thiazole rings is 1. The van der Waals surface area contributed by atoms with Crippen molar-refractivity contribution in [2.75, 3.05) is 0 Å². The zero-order chi connectivity index (χ0) is 22.7. The SMILES string of the molecule is Cc1cc(-c2ccc(C#N)cc2)ccc1COc1c(-c2cscn2)cccc1C(F)(F)F. The number of alkyl halides is 3. The van der Waals surface area contributed by atoms with E-state index in [0.29, 0.717) is 16.8 Å². The van der Waals surface area contributed by atoms with Crippen molar-refractivity contribution in [3.05, 3.63) is 93.8 Å². The first-order chi connectivity index (χ1) is 15.4. The van der Waals surface area contributed by atoms with Crippen molar-refractivity contribution in [2.24, 2.45) is 0 Å². The zero-order valence-corrected chi connectivity index (χ0v) is 17.8. The second-order valence-corrected chi connectivity index (χ2v) is 7.89. The van der Waals surface area contributed by atoms with Gasteiger partial charge in [-0.25, -0.2) is 4.98 Å². The molecule has 160 valence electrons. The Balaban J connectivity index is 1.63. The molecule has 0 spiro atoms. The van der Waals surface area contributed by atoms with Gasteiger partial charge in [0.05, 0.1) is 28.4 Å². The number of hydrogen-bond donors (Lipinski definition) is 0. The fourth-order valence-electron chi connectivity index (χ4n) is 3.39. The molecule has 0 atom stereocenters. The smallest absolute Gasteiger partial charge is 0.419 e. The second kappa shape index (κ2) is 8.85. The standard InChI is InChI=1S/C25H17F3N2OS/c1-16-11-19(18-7-5-17(12-29)6-8-18)9-10-20(16)13-31-24-21(23-14-32-15-30-23)3-2-4-22(24)25(26,27)28/h2-11,14-15H,13H2,1H3. The van der Waals surface area contributed by atoms with Gasteiger partial charge in [0.1, 0.15) is 12.4 Å². The minimum atomic E-state index is -4.55. The number of ether oxygens (including phenoxy) is 1. The molecule has 0 bridgehead atoms. The van der Waals surface area contributed by atoms with Crippen LogP contribution in [0.25, 0.3) is 22.4 Å². The van der Waals surface area contributed by atoms with E-state index in [9.17, 15) is 13.2 Å². The summed E-state index contributed by atoms with van der Waals surface area (Å²) in [7, 11) is 0. The van der Waals surface area contributed by atoms with Gasteiger partial charge in [-0.3, -0.25) is 0 Å². The van der Waals surface area contributed by atoms with Gasteiger partial charge in [0.25, 0.3) is 0 Å². The Morgan fingerprint density at radius 3 is 2.41 bits per heavy atom. The average molecular weight is 450 g/mol. The highest BCUT2D eigenvalue weighted by molar-refractivity contribution is 7.07. The van der Waals surface area contributed by atoms with E-state index < -0.39 is 11.7 Å². The number of aromatic nitrogens is 1. The van der Waals surface area contributed by atoms with Crippen LogP contribution in [-0.4, -0.2) is 4.98 Å². The van der Waals surface area contributed by atoms with E-state index >= 15 is 0 Å². The van der Waals surface area contributed by atoms with Crippen LogP contribution in [0.5, 0.6) is 5.75 Å². The molecule has 0 aliphatic heterocycles. The Bertz CT molecular complexity index is 1270. The van der Waals surface area contributed by atoms with Crippen molar-refractivity contribution in [2.45, 2.75) is 19.7 Å². The summed E-state index contributed by atoms with van der Waals surface area (Å²) >= 11 is 1.31. The third kappa shape index (κ3) is 4.51. The number of halogens is 3. The maximum atomic E-state index is 13.7. The molecule has 32 heavy (non-hydrogen) atoms. The number of nitrogens with zero attached hydrogens (tertiary/aromatic N) is 2. The van der Waals surface area contributed by atoms with Crippen LogP contribution in [0.2, 0.25) is 0 Å². The Hall–Kier alpha value is -3.63. The summed E-state index contributed by atoms with van der Waals surface area (Å²) in [5.41, 5.74) is 5.67. The summed E-state index contributed by atoms with van der Waals surface area (Å²) in [4.78, 5) is 4.15. The molecule has 0 radical (unpaired) electrons. The van der Waals surface area contributed by atoms with Gasteiger partial charge in [-0.2, -0.15) is 18.4 Å². The summed E-state index contributed by atoms with van der Waals surface area (Å²) in [5, 5.41) is 10.6. The first-order valence-corrected chi connectivity index (χ1v) is 10.6. The third-order valence-electron chi connectivity index (χ3n) is 5.09. The van der Waals surface area contributed by atoms with E-state index in [0.717, 1.165) is 28.3 Å². The molecule has 0 aliphatic carbocycles. The predicted octanol–water partition coefficient (Wildman–Crippen LogP) is 7.26. The van der Waals surface area contributed by atoms with Gasteiger partial charge in [0.15, 0.2) is 0 Å². The molecule has 0 N–H and O–H groups in total. The lowest BCUT2D eigenvalue weighted by molar-refractivity contribution is -0.139. The summed E-state index contributed by atoms with van der Waals surface area (Å²) in [6.07, 6.45) is -4.55. The Morgan fingerprint density at radius 2 is 1.78 bits per heavy atom. The molecular formula is C25H17F3N2OS. The number of para-hydroxylation sites is 1. The molecule has 0 saturated carbocycles. The molecule has 3 aromatic carbocycles. The molecule has 0 unspecified atom stereocenters. The molecule has 7 heteroatoms. The van der Waals surface area contributed by atoms with E-state index in [4.69, 9.17) is 10.00 Å². The van der Waals surface area contributed by atoms with Crippen LogP contribution >= 0.6 is 11.3 Å². The molecule has 4 aromatic rings. The summed E-state index contributed by atoms with van der Waals surface area (Å²) < 4.78 is 46.7. The highest BCUT2D eigenvalue weighted by atomic mass is 32.1. The maximum absolute atomic E-state index is 13.7. The molecule has 1 heterocycles. The van der Waals surface area contributed by atoms with E-state index in [-0.39, 0.29) is 12.4 Å². The number of hydrogen-bond acceptors (Lipinski definition) is 4. The van der Waals surface area contributed by atoms with Crippen molar-refractivity contribution < 1.29 is 17.9 Å².